The first kappa shape index (κ1) is 15.5. The number of carbonyl (C=O) groups excluding carboxylic acids is 1. The Bertz CT molecular complexity index is 508. The molecule has 6 heteroatoms. The van der Waals surface area contributed by atoms with E-state index in [1.54, 1.807) is 0 Å². The zero-order valence-corrected chi connectivity index (χ0v) is 13.3. The summed E-state index contributed by atoms with van der Waals surface area (Å²) in [5.41, 5.74) is 7.91. The van der Waals surface area contributed by atoms with Gasteiger partial charge < -0.3 is 10.5 Å². The van der Waals surface area contributed by atoms with Gasteiger partial charge in [0.2, 0.25) is 5.91 Å². The molecule has 0 aromatic carbocycles. The van der Waals surface area contributed by atoms with Gasteiger partial charge in [0, 0.05) is 13.2 Å². The summed E-state index contributed by atoms with van der Waals surface area (Å²) in [6.45, 7) is 5.90. The van der Waals surface area contributed by atoms with E-state index in [2.05, 4.69) is 22.0 Å². The quantitative estimate of drug-likeness (QED) is 0.856. The average Bonchev–Trinajstić information content (AvgIpc) is 3.11. The van der Waals surface area contributed by atoms with E-state index in [1.807, 2.05) is 6.20 Å². The van der Waals surface area contributed by atoms with Crippen molar-refractivity contribution in [3.05, 3.63) is 17.5 Å². The van der Waals surface area contributed by atoms with Crippen LogP contribution in [0.2, 0.25) is 0 Å². The molecule has 3 N–H and O–H groups in total. The number of ether oxygens (including phenoxy) is 1. The summed E-state index contributed by atoms with van der Waals surface area (Å²) < 4.78 is 5.73. The van der Waals surface area contributed by atoms with Crippen molar-refractivity contribution in [1.29, 1.82) is 0 Å². The van der Waals surface area contributed by atoms with Crippen LogP contribution in [0.15, 0.2) is 6.20 Å². The number of hydrogen-bond donors (Lipinski definition) is 2. The Morgan fingerprint density at radius 2 is 2.23 bits per heavy atom. The van der Waals surface area contributed by atoms with Crippen molar-refractivity contribution in [3.63, 3.8) is 0 Å². The highest BCUT2D eigenvalue weighted by Gasteiger charge is 2.35. The van der Waals surface area contributed by atoms with Crippen LogP contribution in [0.3, 0.4) is 0 Å². The molecule has 2 atom stereocenters. The minimum atomic E-state index is -0.199. The molecule has 2 aliphatic rings. The Morgan fingerprint density at radius 1 is 1.45 bits per heavy atom. The maximum atomic E-state index is 11.4. The lowest BCUT2D eigenvalue weighted by atomic mass is 9.86. The molecule has 0 aliphatic carbocycles. The number of hydrogen-bond acceptors (Lipinski definition) is 4. The number of amides is 1. The largest absolute Gasteiger partial charge is 0.377 e. The van der Waals surface area contributed by atoms with Gasteiger partial charge in [-0.15, -0.1) is 0 Å². The standard InChI is InChI=1S/C16H26N4O2/c1-11-9-18-19-14(11)10-20-5-2-12(3-6-20)8-15-13(16(17)21)4-7-22-15/h9,12-13,15H,2-8,10H2,1H3,(H2,17,21)(H,18,19)/t13-,15-/m1/s1. The summed E-state index contributed by atoms with van der Waals surface area (Å²) in [7, 11) is 0. The van der Waals surface area contributed by atoms with Crippen LogP contribution >= 0.6 is 0 Å². The van der Waals surface area contributed by atoms with Crippen molar-refractivity contribution in [2.24, 2.45) is 17.6 Å². The molecular weight excluding hydrogens is 280 g/mol. The van der Waals surface area contributed by atoms with Crippen molar-refractivity contribution in [3.8, 4) is 0 Å². The first-order valence-corrected chi connectivity index (χ1v) is 8.25. The molecule has 2 aliphatic heterocycles. The van der Waals surface area contributed by atoms with Gasteiger partial charge >= 0.3 is 0 Å². The SMILES string of the molecule is Cc1cn[nH]c1CN1CCC(C[C@H]2OCC[C@H]2C(N)=O)CC1. The molecule has 0 saturated carbocycles. The summed E-state index contributed by atoms with van der Waals surface area (Å²) >= 11 is 0. The first-order valence-electron chi connectivity index (χ1n) is 8.25. The Labute approximate surface area is 131 Å². The predicted molar refractivity (Wildman–Crippen MR) is 83.0 cm³/mol. The van der Waals surface area contributed by atoms with E-state index >= 15 is 0 Å². The van der Waals surface area contributed by atoms with E-state index in [1.165, 1.54) is 24.1 Å². The number of aromatic amines is 1. The highest BCUT2D eigenvalue weighted by atomic mass is 16.5. The molecule has 2 fully saturated rings. The van der Waals surface area contributed by atoms with Crippen molar-refractivity contribution in [2.45, 2.75) is 45.3 Å². The number of primary amides is 1. The van der Waals surface area contributed by atoms with Crippen LogP contribution in [0.1, 0.15) is 36.9 Å². The van der Waals surface area contributed by atoms with Crippen LogP contribution < -0.4 is 5.73 Å². The molecule has 1 aromatic heterocycles. The lowest BCUT2D eigenvalue weighted by Gasteiger charge is -2.33. The molecule has 0 spiro atoms. The van der Waals surface area contributed by atoms with Crippen molar-refractivity contribution < 1.29 is 9.53 Å². The van der Waals surface area contributed by atoms with Gasteiger partial charge in [0.25, 0.3) is 0 Å². The molecule has 122 valence electrons. The fraction of sp³-hybridized carbons (Fsp3) is 0.750. The fourth-order valence-corrected chi connectivity index (χ4v) is 3.67. The number of aromatic nitrogens is 2. The summed E-state index contributed by atoms with van der Waals surface area (Å²) in [6.07, 6.45) is 6.02. The van der Waals surface area contributed by atoms with Gasteiger partial charge in [0.1, 0.15) is 0 Å². The van der Waals surface area contributed by atoms with Gasteiger partial charge in [0.15, 0.2) is 0 Å². The van der Waals surface area contributed by atoms with Crippen molar-refractivity contribution >= 4 is 5.91 Å². The lowest BCUT2D eigenvalue weighted by molar-refractivity contribution is -0.123. The maximum Gasteiger partial charge on any atom is 0.223 e. The van der Waals surface area contributed by atoms with E-state index < -0.39 is 0 Å². The topological polar surface area (TPSA) is 84.2 Å². The Balaban J connectivity index is 1.46. The average molecular weight is 306 g/mol. The number of nitrogens with zero attached hydrogens (tertiary/aromatic N) is 2. The lowest BCUT2D eigenvalue weighted by Crippen LogP contribution is -2.37. The maximum absolute atomic E-state index is 11.4. The molecule has 3 heterocycles. The van der Waals surface area contributed by atoms with Crippen LogP contribution in [0.4, 0.5) is 0 Å². The third-order valence-corrected chi connectivity index (χ3v) is 5.16. The highest BCUT2D eigenvalue weighted by molar-refractivity contribution is 5.77. The van der Waals surface area contributed by atoms with E-state index in [0.717, 1.165) is 32.5 Å². The van der Waals surface area contributed by atoms with E-state index in [-0.39, 0.29) is 17.9 Å². The minimum absolute atomic E-state index is 0.0453. The molecular formula is C16H26N4O2. The number of nitrogens with two attached hydrogens (primary N) is 1. The third-order valence-electron chi connectivity index (χ3n) is 5.16. The summed E-state index contributed by atoms with van der Waals surface area (Å²) in [6, 6.07) is 0. The van der Waals surface area contributed by atoms with Gasteiger partial charge in [-0.2, -0.15) is 5.10 Å². The second-order valence-corrected chi connectivity index (χ2v) is 6.69. The zero-order valence-electron chi connectivity index (χ0n) is 13.3. The van der Waals surface area contributed by atoms with Gasteiger partial charge in [-0.3, -0.25) is 14.8 Å². The van der Waals surface area contributed by atoms with E-state index in [4.69, 9.17) is 10.5 Å². The smallest absolute Gasteiger partial charge is 0.223 e. The second kappa shape index (κ2) is 6.79. The molecule has 6 nitrogen and oxygen atoms in total. The normalized spacial score (nSPS) is 27.3. The summed E-state index contributed by atoms with van der Waals surface area (Å²) in [5.74, 6) is 0.365. The van der Waals surface area contributed by atoms with E-state index in [0.29, 0.717) is 12.5 Å². The molecule has 1 aromatic rings. The van der Waals surface area contributed by atoms with Crippen molar-refractivity contribution in [1.82, 2.24) is 15.1 Å². The highest BCUT2D eigenvalue weighted by Crippen LogP contribution is 2.31. The monoisotopic (exact) mass is 306 g/mol. The summed E-state index contributed by atoms with van der Waals surface area (Å²) in [4.78, 5) is 13.9. The molecule has 22 heavy (non-hydrogen) atoms. The molecule has 0 bridgehead atoms. The number of aryl methyl sites for hydroxylation is 1. The number of nitrogens with one attached hydrogen (secondary N) is 1. The van der Waals surface area contributed by atoms with Crippen LogP contribution in [0.5, 0.6) is 0 Å². The number of rotatable bonds is 5. The fourth-order valence-electron chi connectivity index (χ4n) is 3.67. The summed E-state index contributed by atoms with van der Waals surface area (Å²) in [5, 5.41) is 7.16. The van der Waals surface area contributed by atoms with Gasteiger partial charge in [-0.25, -0.2) is 0 Å². The zero-order chi connectivity index (χ0) is 15.5. The van der Waals surface area contributed by atoms with Gasteiger partial charge in [-0.1, -0.05) is 0 Å². The van der Waals surface area contributed by atoms with Gasteiger partial charge in [0.05, 0.1) is 23.9 Å². The van der Waals surface area contributed by atoms with Crippen LogP contribution in [-0.4, -0.2) is 46.8 Å². The molecule has 2 saturated heterocycles. The van der Waals surface area contributed by atoms with Crippen LogP contribution in [-0.2, 0) is 16.1 Å². The van der Waals surface area contributed by atoms with Crippen LogP contribution in [0.25, 0.3) is 0 Å². The second-order valence-electron chi connectivity index (χ2n) is 6.69. The van der Waals surface area contributed by atoms with Crippen molar-refractivity contribution in [2.75, 3.05) is 19.7 Å². The molecule has 0 unspecified atom stereocenters. The number of H-pyrrole nitrogens is 1. The van der Waals surface area contributed by atoms with Crippen LogP contribution in [0, 0.1) is 18.8 Å². The molecule has 3 rings (SSSR count). The van der Waals surface area contributed by atoms with E-state index in [9.17, 15) is 4.79 Å². The Morgan fingerprint density at radius 3 is 2.86 bits per heavy atom. The molecule has 1 amide bonds. The number of likely N-dealkylation sites (tertiary alicyclic amines) is 1. The number of carbonyl (C=O) groups is 1. The number of piperidine rings is 1. The Kier molecular flexibility index (Phi) is 4.78. The Hall–Kier alpha value is -1.40. The van der Waals surface area contributed by atoms with Gasteiger partial charge in [-0.05, 0) is 57.2 Å². The first-order chi connectivity index (χ1) is 10.6. The molecule has 0 radical (unpaired) electrons. The predicted octanol–water partition coefficient (Wildman–Crippen LogP) is 1.21. The third kappa shape index (κ3) is 3.50. The minimum Gasteiger partial charge on any atom is -0.377 e.